The Labute approximate surface area is 189 Å². The van der Waals surface area contributed by atoms with Crippen LogP contribution in [0.1, 0.15) is 37.7 Å². The van der Waals surface area contributed by atoms with E-state index in [-0.39, 0.29) is 17.9 Å². The van der Waals surface area contributed by atoms with Crippen LogP contribution in [0.2, 0.25) is 0 Å². The van der Waals surface area contributed by atoms with Crippen molar-refractivity contribution in [2.45, 2.75) is 39.3 Å². The Morgan fingerprint density at radius 3 is 2.34 bits per heavy atom. The number of carbonyl (C=O) groups excluding carboxylic acids is 1. The van der Waals surface area contributed by atoms with E-state index < -0.39 is 0 Å². The molecule has 0 aliphatic carbocycles. The Kier molecular flexibility index (Phi) is 6.26. The molecule has 0 aliphatic heterocycles. The molecule has 4 rings (SSSR count). The molecule has 5 heteroatoms. The third kappa shape index (κ3) is 5.17. The van der Waals surface area contributed by atoms with Crippen LogP contribution < -0.4 is 10.1 Å². The fraction of sp³-hybridized carbons (Fsp3) is 0.259. The molecule has 0 fully saturated rings. The molecule has 0 bridgehead atoms. The first-order valence-corrected chi connectivity index (χ1v) is 10.9. The second-order valence-electron chi connectivity index (χ2n) is 8.93. The number of hydrogen-bond donors (Lipinski definition) is 1. The van der Waals surface area contributed by atoms with Gasteiger partial charge in [-0.3, -0.25) is 4.79 Å². The molecule has 0 spiro atoms. The molecule has 0 aliphatic rings. The van der Waals surface area contributed by atoms with Crippen molar-refractivity contribution in [1.82, 2.24) is 14.9 Å². The Morgan fingerprint density at radius 1 is 0.938 bits per heavy atom. The number of benzene rings is 3. The minimum Gasteiger partial charge on any atom is -0.484 e. The number of amides is 1. The number of fused-ring (bicyclic) bond motifs is 1. The van der Waals surface area contributed by atoms with Gasteiger partial charge in [0.1, 0.15) is 11.6 Å². The van der Waals surface area contributed by atoms with Crippen LogP contribution in [-0.2, 0) is 23.3 Å². The van der Waals surface area contributed by atoms with Crippen LogP contribution in [0.3, 0.4) is 0 Å². The highest BCUT2D eigenvalue weighted by Crippen LogP contribution is 2.23. The van der Waals surface area contributed by atoms with Gasteiger partial charge in [0.15, 0.2) is 6.61 Å². The third-order valence-electron chi connectivity index (χ3n) is 5.45. The summed E-state index contributed by atoms with van der Waals surface area (Å²) in [4.78, 5) is 17.1. The van der Waals surface area contributed by atoms with Gasteiger partial charge < -0.3 is 14.6 Å². The molecule has 1 heterocycles. The van der Waals surface area contributed by atoms with Crippen LogP contribution in [0.25, 0.3) is 11.0 Å². The number of hydrogen-bond acceptors (Lipinski definition) is 3. The smallest absolute Gasteiger partial charge is 0.258 e. The van der Waals surface area contributed by atoms with E-state index in [4.69, 9.17) is 9.72 Å². The van der Waals surface area contributed by atoms with Crippen molar-refractivity contribution in [2.75, 3.05) is 6.61 Å². The molecule has 5 nitrogen and oxygen atoms in total. The highest BCUT2D eigenvalue weighted by Gasteiger charge is 2.15. The summed E-state index contributed by atoms with van der Waals surface area (Å²) in [7, 11) is 0. The maximum atomic E-state index is 12.3. The zero-order valence-electron chi connectivity index (χ0n) is 18.8. The van der Waals surface area contributed by atoms with Crippen molar-refractivity contribution in [3.05, 3.63) is 95.8 Å². The van der Waals surface area contributed by atoms with Gasteiger partial charge in [-0.05, 0) is 40.8 Å². The van der Waals surface area contributed by atoms with E-state index in [0.29, 0.717) is 18.8 Å². The molecule has 3 aromatic carbocycles. The summed E-state index contributed by atoms with van der Waals surface area (Å²) in [6.45, 7) is 7.65. The average Bonchev–Trinajstić information content (AvgIpc) is 3.14. The van der Waals surface area contributed by atoms with Crippen LogP contribution in [0, 0.1) is 0 Å². The van der Waals surface area contributed by atoms with Crippen molar-refractivity contribution in [3.63, 3.8) is 0 Å². The van der Waals surface area contributed by atoms with E-state index in [1.54, 1.807) is 0 Å². The Balaban J connectivity index is 1.48. The number of rotatable bonds is 7. The maximum absolute atomic E-state index is 12.3. The van der Waals surface area contributed by atoms with Crippen molar-refractivity contribution >= 4 is 16.9 Å². The van der Waals surface area contributed by atoms with Gasteiger partial charge in [-0.25, -0.2) is 4.98 Å². The van der Waals surface area contributed by atoms with Crippen molar-refractivity contribution in [3.8, 4) is 5.75 Å². The average molecular weight is 428 g/mol. The number of nitrogens with one attached hydrogen (secondary N) is 1. The predicted molar refractivity (Wildman–Crippen MR) is 128 cm³/mol. The van der Waals surface area contributed by atoms with Crippen molar-refractivity contribution in [1.29, 1.82) is 0 Å². The SMILES string of the molecule is CC(C)(C)c1ccc(Cn2c(CNC(=O)COc3ccccc3)nc3ccccc32)cc1. The second kappa shape index (κ2) is 9.27. The molecular formula is C27H29N3O2. The molecule has 0 saturated carbocycles. The standard InChI is InChI=1S/C27H29N3O2/c1-27(2,3)21-15-13-20(14-16-21)18-30-24-12-8-7-11-23(24)29-25(30)17-28-26(31)19-32-22-9-5-4-6-10-22/h4-16H,17-19H2,1-3H3,(H,28,31). The molecule has 4 aromatic rings. The van der Waals surface area contributed by atoms with Gasteiger partial charge in [0.05, 0.1) is 17.6 Å². The van der Waals surface area contributed by atoms with Gasteiger partial charge in [0.25, 0.3) is 5.91 Å². The number of ether oxygens (including phenoxy) is 1. The van der Waals surface area contributed by atoms with Crippen molar-refractivity contribution < 1.29 is 9.53 Å². The molecule has 0 unspecified atom stereocenters. The third-order valence-corrected chi connectivity index (χ3v) is 5.45. The van der Waals surface area contributed by atoms with Gasteiger partial charge in [-0.1, -0.05) is 75.4 Å². The molecule has 1 aromatic heterocycles. The van der Waals surface area contributed by atoms with Crippen LogP contribution in [0.4, 0.5) is 0 Å². The van der Waals surface area contributed by atoms with E-state index in [1.807, 2.05) is 48.5 Å². The largest absolute Gasteiger partial charge is 0.484 e. The highest BCUT2D eigenvalue weighted by atomic mass is 16.5. The van der Waals surface area contributed by atoms with Gasteiger partial charge in [0, 0.05) is 6.54 Å². The Morgan fingerprint density at radius 2 is 1.62 bits per heavy atom. The lowest BCUT2D eigenvalue weighted by Gasteiger charge is -2.19. The van der Waals surface area contributed by atoms with E-state index in [1.165, 1.54) is 11.1 Å². The zero-order valence-corrected chi connectivity index (χ0v) is 18.8. The number of imidazole rings is 1. The van der Waals surface area contributed by atoms with Crippen molar-refractivity contribution in [2.24, 2.45) is 0 Å². The Bertz CT molecular complexity index is 1190. The van der Waals surface area contributed by atoms with E-state index in [2.05, 4.69) is 61.0 Å². The molecule has 0 atom stereocenters. The van der Waals surface area contributed by atoms with Gasteiger partial charge >= 0.3 is 0 Å². The van der Waals surface area contributed by atoms with E-state index >= 15 is 0 Å². The lowest BCUT2D eigenvalue weighted by Crippen LogP contribution is -2.29. The lowest BCUT2D eigenvalue weighted by molar-refractivity contribution is -0.123. The van der Waals surface area contributed by atoms with E-state index in [9.17, 15) is 4.79 Å². The summed E-state index contributed by atoms with van der Waals surface area (Å²) in [5.74, 6) is 1.31. The highest BCUT2D eigenvalue weighted by molar-refractivity contribution is 5.78. The fourth-order valence-electron chi connectivity index (χ4n) is 3.62. The number of aromatic nitrogens is 2. The molecule has 1 amide bonds. The molecule has 164 valence electrons. The van der Waals surface area contributed by atoms with Crippen LogP contribution in [-0.4, -0.2) is 22.1 Å². The minimum atomic E-state index is -0.179. The molecule has 0 saturated heterocycles. The van der Waals surface area contributed by atoms with Crippen LogP contribution in [0.5, 0.6) is 5.75 Å². The monoisotopic (exact) mass is 427 g/mol. The second-order valence-corrected chi connectivity index (χ2v) is 8.93. The maximum Gasteiger partial charge on any atom is 0.258 e. The predicted octanol–water partition coefficient (Wildman–Crippen LogP) is 5.08. The van der Waals surface area contributed by atoms with Gasteiger partial charge in [0.2, 0.25) is 0 Å². The summed E-state index contributed by atoms with van der Waals surface area (Å²) < 4.78 is 7.71. The lowest BCUT2D eigenvalue weighted by atomic mass is 9.87. The van der Waals surface area contributed by atoms with E-state index in [0.717, 1.165) is 16.9 Å². The molecule has 1 N–H and O–H groups in total. The van der Waals surface area contributed by atoms with Crippen LogP contribution in [0.15, 0.2) is 78.9 Å². The van der Waals surface area contributed by atoms with Gasteiger partial charge in [-0.15, -0.1) is 0 Å². The number of para-hydroxylation sites is 3. The fourth-order valence-corrected chi connectivity index (χ4v) is 3.62. The molecule has 0 radical (unpaired) electrons. The molecule has 32 heavy (non-hydrogen) atoms. The van der Waals surface area contributed by atoms with Gasteiger partial charge in [-0.2, -0.15) is 0 Å². The Hall–Kier alpha value is -3.60. The molecular weight excluding hydrogens is 398 g/mol. The summed E-state index contributed by atoms with van der Waals surface area (Å²) in [6.07, 6.45) is 0. The quantitative estimate of drug-likeness (QED) is 0.448. The minimum absolute atomic E-state index is 0.0293. The topological polar surface area (TPSA) is 56.2 Å². The first-order valence-electron chi connectivity index (χ1n) is 10.9. The van der Waals surface area contributed by atoms with Crippen LogP contribution >= 0.6 is 0 Å². The first-order chi connectivity index (χ1) is 15.4. The zero-order chi connectivity index (χ0) is 22.6. The summed E-state index contributed by atoms with van der Waals surface area (Å²) in [5.41, 5.74) is 4.60. The first kappa shape index (κ1) is 21.6. The summed E-state index contributed by atoms with van der Waals surface area (Å²) in [6, 6.07) is 26.1. The summed E-state index contributed by atoms with van der Waals surface area (Å²) in [5, 5.41) is 2.94. The number of carbonyl (C=O) groups is 1. The number of nitrogens with zero attached hydrogens (tertiary/aromatic N) is 2. The summed E-state index contributed by atoms with van der Waals surface area (Å²) >= 11 is 0. The normalized spacial score (nSPS) is 11.5.